The quantitative estimate of drug-likeness (QED) is 0.373. The van der Waals surface area contributed by atoms with Gasteiger partial charge in [-0.3, -0.25) is 15.0 Å². The Morgan fingerprint density at radius 3 is 2.69 bits per heavy atom. The van der Waals surface area contributed by atoms with Crippen LogP contribution in [0, 0.1) is 5.41 Å². The Hall–Kier alpha value is -2.32. The number of pyridine rings is 1. The number of aliphatic hydroxyl groups excluding tert-OH is 2. The number of aliphatic hydroxyl groups is 2. The van der Waals surface area contributed by atoms with Crippen LogP contribution in [-0.4, -0.2) is 63.4 Å². The maximum atomic E-state index is 11.1. The van der Waals surface area contributed by atoms with Gasteiger partial charge in [0, 0.05) is 42.3 Å². The topological polar surface area (TPSA) is 91.6 Å². The molecule has 7 nitrogen and oxygen atoms in total. The van der Waals surface area contributed by atoms with E-state index in [9.17, 15) is 10.2 Å². The van der Waals surface area contributed by atoms with Crippen molar-refractivity contribution in [2.45, 2.75) is 51.0 Å². The van der Waals surface area contributed by atoms with Crippen LogP contribution in [0.3, 0.4) is 0 Å². The first kappa shape index (κ1) is 25.8. The monoisotopic (exact) mass is 498 g/mol. The van der Waals surface area contributed by atoms with Gasteiger partial charge in [-0.2, -0.15) is 0 Å². The van der Waals surface area contributed by atoms with Gasteiger partial charge in [0.25, 0.3) is 0 Å². The van der Waals surface area contributed by atoms with Crippen molar-refractivity contribution in [1.82, 2.24) is 19.9 Å². The molecule has 2 N–H and O–H groups in total. The van der Waals surface area contributed by atoms with Crippen LogP contribution in [0.1, 0.15) is 55.9 Å². The van der Waals surface area contributed by atoms with E-state index in [-0.39, 0.29) is 12.0 Å². The maximum Gasteiger partial charge on any atom is 0.119 e. The summed E-state index contributed by atoms with van der Waals surface area (Å²) in [5, 5.41) is 22.7. The van der Waals surface area contributed by atoms with E-state index in [0.29, 0.717) is 22.8 Å². The molecule has 0 radical (unpaired) electrons. The fraction of sp³-hybridized carbons (Fsp3) is 0.519. The number of nitrogens with zero attached hydrogens (tertiary/aromatic N) is 4. The first-order chi connectivity index (χ1) is 17.0. The van der Waals surface area contributed by atoms with E-state index in [2.05, 4.69) is 19.9 Å². The molecule has 1 atom stereocenters. The fourth-order valence-corrected chi connectivity index (χ4v) is 5.34. The summed E-state index contributed by atoms with van der Waals surface area (Å²) < 4.78 is 5.36. The van der Waals surface area contributed by atoms with Gasteiger partial charge in [-0.15, -0.1) is 0 Å². The molecule has 0 saturated carbocycles. The summed E-state index contributed by atoms with van der Waals surface area (Å²) in [5.74, 6) is 0.700. The highest BCUT2D eigenvalue weighted by atomic mass is 35.5. The van der Waals surface area contributed by atoms with E-state index in [1.165, 1.54) is 0 Å². The maximum absolute atomic E-state index is 11.1. The van der Waals surface area contributed by atoms with Crippen molar-refractivity contribution in [2.75, 3.05) is 33.4 Å². The summed E-state index contributed by atoms with van der Waals surface area (Å²) in [6.45, 7) is 3.14. The van der Waals surface area contributed by atoms with Crippen LogP contribution >= 0.6 is 11.6 Å². The molecule has 3 aromatic rings. The highest BCUT2D eigenvalue weighted by Crippen LogP contribution is 2.40. The first-order valence-corrected chi connectivity index (χ1v) is 12.8. The zero-order valence-electron chi connectivity index (χ0n) is 20.4. The van der Waals surface area contributed by atoms with E-state index < -0.39 is 6.10 Å². The molecule has 35 heavy (non-hydrogen) atoms. The lowest BCUT2D eigenvalue weighted by Gasteiger charge is -2.41. The van der Waals surface area contributed by atoms with Crippen LogP contribution in [0.2, 0.25) is 5.02 Å². The van der Waals surface area contributed by atoms with Gasteiger partial charge >= 0.3 is 0 Å². The molecule has 0 unspecified atom stereocenters. The van der Waals surface area contributed by atoms with Gasteiger partial charge in [0.05, 0.1) is 29.4 Å². The zero-order chi connectivity index (χ0) is 24.7. The second-order valence-electron chi connectivity index (χ2n) is 9.61. The van der Waals surface area contributed by atoms with Crippen LogP contribution in [-0.2, 0) is 6.42 Å². The first-order valence-electron chi connectivity index (χ1n) is 12.4. The van der Waals surface area contributed by atoms with E-state index >= 15 is 0 Å². The highest BCUT2D eigenvalue weighted by molar-refractivity contribution is 6.32. The lowest BCUT2D eigenvalue weighted by Crippen LogP contribution is -2.42. The van der Waals surface area contributed by atoms with Crippen molar-refractivity contribution in [3.63, 3.8) is 0 Å². The van der Waals surface area contributed by atoms with Crippen LogP contribution in [0.4, 0.5) is 0 Å². The van der Waals surface area contributed by atoms with Gasteiger partial charge in [0.1, 0.15) is 5.75 Å². The number of hydrogen-bond acceptors (Lipinski definition) is 7. The molecule has 2 aromatic heterocycles. The average Bonchev–Trinajstić information content (AvgIpc) is 2.90. The summed E-state index contributed by atoms with van der Waals surface area (Å²) in [5.41, 5.74) is 2.34. The molecular weight excluding hydrogens is 464 g/mol. The number of methoxy groups -OCH3 is 1. The molecule has 1 aliphatic rings. The lowest BCUT2D eigenvalue weighted by molar-refractivity contribution is 0.0233. The number of ether oxygens (including phenoxy) is 1. The van der Waals surface area contributed by atoms with Gasteiger partial charge in [-0.1, -0.05) is 11.6 Å². The summed E-state index contributed by atoms with van der Waals surface area (Å²) in [6, 6.07) is 5.60. The number of rotatable bonds is 11. The number of piperidine rings is 1. The van der Waals surface area contributed by atoms with Crippen LogP contribution in [0.25, 0.3) is 10.9 Å². The summed E-state index contributed by atoms with van der Waals surface area (Å²) in [6.07, 6.45) is 12.5. The number of aryl methyl sites for hydroxylation is 1. The number of aromatic nitrogens is 3. The molecule has 8 heteroatoms. The van der Waals surface area contributed by atoms with Crippen molar-refractivity contribution in [2.24, 2.45) is 5.41 Å². The third-order valence-corrected chi connectivity index (χ3v) is 7.68. The van der Waals surface area contributed by atoms with Crippen LogP contribution in [0.15, 0.2) is 43.0 Å². The Morgan fingerprint density at radius 2 is 1.97 bits per heavy atom. The molecule has 1 aliphatic heterocycles. The minimum Gasteiger partial charge on any atom is -0.497 e. The molecule has 3 heterocycles. The molecule has 1 aromatic carbocycles. The minimum absolute atomic E-state index is 0.138. The number of hydrogen-bond donors (Lipinski definition) is 2. The highest BCUT2D eigenvalue weighted by Gasteiger charge is 2.34. The number of halogens is 1. The van der Waals surface area contributed by atoms with E-state index in [1.807, 2.05) is 24.4 Å². The Kier molecular flexibility index (Phi) is 8.89. The second-order valence-corrected chi connectivity index (χ2v) is 10.0. The molecule has 0 bridgehead atoms. The smallest absolute Gasteiger partial charge is 0.119 e. The fourth-order valence-electron chi connectivity index (χ4n) is 5.06. The molecule has 1 fully saturated rings. The Balaban J connectivity index is 1.30. The molecule has 0 spiro atoms. The molecule has 1 saturated heterocycles. The molecule has 0 amide bonds. The summed E-state index contributed by atoms with van der Waals surface area (Å²) in [4.78, 5) is 15.3. The normalized spacial score (nSPS) is 16.9. The third kappa shape index (κ3) is 6.47. The molecular formula is C27H35ClN4O3. The lowest BCUT2D eigenvalue weighted by atomic mass is 9.74. The predicted molar refractivity (Wildman–Crippen MR) is 138 cm³/mol. The van der Waals surface area contributed by atoms with Crippen LogP contribution < -0.4 is 4.74 Å². The zero-order valence-corrected chi connectivity index (χ0v) is 21.1. The number of fused-ring (bicyclic) bond motifs is 1. The van der Waals surface area contributed by atoms with Crippen molar-refractivity contribution >= 4 is 22.5 Å². The molecule has 4 rings (SSSR count). The standard InChI is InChI=1S/C27H35ClN4O3/c1-35-21-5-6-24-22(16-21)26(23(28)18-31-24)25(34)7-8-27(19-33)9-14-32(15-10-27)13-3-2-4-20-17-29-11-12-30-20/h5-6,11-12,16-18,25,33-34H,2-4,7-10,13-15,19H2,1H3/t25-/m0/s1. The predicted octanol–water partition coefficient (Wildman–Crippen LogP) is 4.60. The van der Waals surface area contributed by atoms with E-state index in [4.69, 9.17) is 16.3 Å². The number of benzene rings is 1. The second kappa shape index (κ2) is 12.1. The largest absolute Gasteiger partial charge is 0.497 e. The van der Waals surface area contributed by atoms with Crippen molar-refractivity contribution in [3.8, 4) is 5.75 Å². The van der Waals surface area contributed by atoms with Gasteiger partial charge in [-0.25, -0.2) is 0 Å². The van der Waals surface area contributed by atoms with Crippen molar-refractivity contribution in [1.29, 1.82) is 0 Å². The number of likely N-dealkylation sites (tertiary alicyclic amines) is 1. The Labute approximate surface area is 212 Å². The number of unbranched alkanes of at least 4 members (excludes halogenated alkanes) is 1. The molecule has 0 aliphatic carbocycles. The average molecular weight is 499 g/mol. The van der Waals surface area contributed by atoms with Gasteiger partial charge in [-0.05, 0) is 88.2 Å². The van der Waals surface area contributed by atoms with Gasteiger partial charge in [0.2, 0.25) is 0 Å². The van der Waals surface area contributed by atoms with Gasteiger partial charge in [0.15, 0.2) is 0 Å². The van der Waals surface area contributed by atoms with Gasteiger partial charge < -0.3 is 19.8 Å². The third-order valence-electron chi connectivity index (χ3n) is 7.38. The Morgan fingerprint density at radius 1 is 1.14 bits per heavy atom. The SMILES string of the molecule is COc1ccc2ncc(Cl)c([C@@H](O)CCC3(CO)CCN(CCCCc4cnccn4)CC3)c2c1. The minimum atomic E-state index is -0.734. The molecule has 188 valence electrons. The van der Waals surface area contributed by atoms with Crippen LogP contribution in [0.5, 0.6) is 5.75 Å². The van der Waals surface area contributed by atoms with E-state index in [1.54, 1.807) is 25.7 Å². The van der Waals surface area contributed by atoms with Crippen molar-refractivity contribution < 1.29 is 14.9 Å². The van der Waals surface area contributed by atoms with E-state index in [0.717, 1.165) is 74.8 Å². The van der Waals surface area contributed by atoms with Crippen molar-refractivity contribution in [3.05, 3.63) is 59.3 Å². The summed E-state index contributed by atoms with van der Waals surface area (Å²) >= 11 is 6.48. The Bertz CT molecular complexity index is 1090. The summed E-state index contributed by atoms with van der Waals surface area (Å²) in [7, 11) is 1.62.